The summed E-state index contributed by atoms with van der Waals surface area (Å²) < 4.78 is 28.5. The fourth-order valence-electron chi connectivity index (χ4n) is 0.470. The van der Waals surface area contributed by atoms with E-state index in [0.717, 1.165) is 6.26 Å². The van der Waals surface area contributed by atoms with E-state index in [1.54, 1.807) is 0 Å². The molecule has 0 bridgehead atoms. The summed E-state index contributed by atoms with van der Waals surface area (Å²) in [5, 5.41) is 0. The molecule has 2 N–H and O–H groups in total. The van der Waals surface area contributed by atoms with Crippen molar-refractivity contribution in [3.8, 4) is 0 Å². The van der Waals surface area contributed by atoms with Crippen LogP contribution >= 0.6 is 0 Å². The Morgan fingerprint density at radius 3 is 2.00 bits per heavy atom. The van der Waals surface area contributed by atoms with Gasteiger partial charge in [-0.3, -0.25) is 9.11 Å². The third-order valence-electron chi connectivity index (χ3n) is 0.857. The smallest absolute Gasteiger partial charge is 0.293 e. The van der Waals surface area contributed by atoms with Gasteiger partial charge in [0, 0.05) is 0 Å². The van der Waals surface area contributed by atoms with Gasteiger partial charge in [-0.2, -0.15) is 0 Å². The van der Waals surface area contributed by atoms with Crippen molar-refractivity contribution < 1.29 is 13.3 Å². The molecule has 0 unspecified atom stereocenters. The van der Waals surface area contributed by atoms with Gasteiger partial charge in [0.2, 0.25) is 0 Å². The molecule has 10 heavy (non-hydrogen) atoms. The Labute approximate surface area is 57.9 Å². The van der Waals surface area contributed by atoms with Gasteiger partial charge in [0.15, 0.2) is 22.1 Å². The lowest BCUT2D eigenvalue weighted by atomic mass is 10.9. The first-order chi connectivity index (χ1) is 4.36. The van der Waals surface area contributed by atoms with Crippen LogP contribution in [0.2, 0.25) is 0 Å². The molecule has 0 fully saturated rings. The maximum absolute atomic E-state index is 10.8. The molecule has 0 saturated carbocycles. The molecule has 1 heterocycles. The predicted octanol–water partition coefficient (Wildman–Crippen LogP) is -0.0155. The molecule has 6 heteroatoms. The lowest BCUT2D eigenvalue weighted by Crippen LogP contribution is -2.33. The molecule has 0 aromatic carbocycles. The van der Waals surface area contributed by atoms with Crippen LogP contribution < -0.4 is 0 Å². The number of rotatable bonds is 1. The normalized spacial score (nSPS) is 21.1. The highest BCUT2D eigenvalue weighted by molar-refractivity contribution is 8.12. The van der Waals surface area contributed by atoms with Gasteiger partial charge in [-0.25, -0.2) is 4.21 Å². The zero-order valence-corrected chi connectivity index (χ0v) is 6.08. The molecule has 0 radical (unpaired) electrons. The first-order valence-corrected chi connectivity index (χ1v) is 4.73. The zero-order valence-electron chi connectivity index (χ0n) is 5.26. The van der Waals surface area contributed by atoms with Crippen molar-refractivity contribution in [1.82, 2.24) is 0 Å². The van der Waals surface area contributed by atoms with Crippen LogP contribution in [0.25, 0.3) is 0 Å². The number of nitrogens with zero attached hydrogens (tertiary/aromatic N) is 2. The lowest BCUT2D eigenvalue weighted by molar-refractivity contribution is 0.399. The summed E-state index contributed by atoms with van der Waals surface area (Å²) in [6.45, 7) is 0. The third kappa shape index (κ3) is 1.41. The second-order valence-electron chi connectivity index (χ2n) is 2.07. The van der Waals surface area contributed by atoms with Gasteiger partial charge >= 0.3 is 5.50 Å². The molecular weight excluding hydrogens is 156 g/mol. The Kier molecular flexibility index (Phi) is 1.22. The van der Waals surface area contributed by atoms with Crippen LogP contribution in [-0.2, 0) is 9.63 Å². The minimum absolute atomic E-state index is 0.433. The summed E-state index contributed by atoms with van der Waals surface area (Å²) in [5.41, 5.74) is -0.433. The standard InChI is InChI=1S/C4H6N2O3S/c1-10(7,8,9)4-5-2-3-6-4/h2-3H,1H3,(H-,7,8,9)/p+1. The fourth-order valence-corrected chi connectivity index (χ4v) is 1.08. The SMILES string of the molecule is CS(=O)(O)(O)[C+]1N=CC=N1. The second kappa shape index (κ2) is 1.66. The van der Waals surface area contributed by atoms with E-state index in [1.807, 2.05) is 0 Å². The van der Waals surface area contributed by atoms with Crippen LogP contribution in [0.3, 0.4) is 0 Å². The van der Waals surface area contributed by atoms with Crippen LogP contribution in [0.1, 0.15) is 0 Å². The van der Waals surface area contributed by atoms with Gasteiger partial charge in [-0.05, 0) is 0 Å². The quantitative estimate of drug-likeness (QED) is 0.533. The zero-order chi connectivity index (χ0) is 7.85. The molecule has 0 amide bonds. The van der Waals surface area contributed by atoms with Gasteiger partial charge in [0.25, 0.3) is 0 Å². The van der Waals surface area contributed by atoms with Crippen molar-refractivity contribution >= 4 is 22.1 Å². The molecule has 1 aliphatic rings. The Morgan fingerprint density at radius 2 is 1.80 bits per heavy atom. The first-order valence-electron chi connectivity index (χ1n) is 2.44. The number of hydrogen-bond acceptors (Lipinski definition) is 3. The molecule has 56 valence electrons. The van der Waals surface area contributed by atoms with Crippen LogP contribution in [0.15, 0.2) is 9.98 Å². The Hall–Kier alpha value is -0.720. The lowest BCUT2D eigenvalue weighted by Gasteiger charge is -2.20. The maximum atomic E-state index is 10.8. The predicted molar refractivity (Wildman–Crippen MR) is 39.6 cm³/mol. The molecule has 1 rings (SSSR count). The molecule has 0 aliphatic carbocycles. The van der Waals surface area contributed by atoms with Gasteiger partial charge in [-0.1, -0.05) is 9.98 Å². The van der Waals surface area contributed by atoms with Gasteiger partial charge < -0.3 is 0 Å². The summed E-state index contributed by atoms with van der Waals surface area (Å²) >= 11 is 0. The van der Waals surface area contributed by atoms with E-state index >= 15 is 0 Å². The highest BCUT2D eigenvalue weighted by atomic mass is 32.3. The molecular formula is C4H7N2O3S+. The Bertz CT molecular complexity index is 241. The van der Waals surface area contributed by atoms with E-state index in [4.69, 9.17) is 9.11 Å². The van der Waals surface area contributed by atoms with Crippen molar-refractivity contribution in [2.75, 3.05) is 6.26 Å². The highest BCUT2D eigenvalue weighted by Gasteiger charge is 2.43. The number of aliphatic imine (C=N–C) groups is 2. The second-order valence-corrected chi connectivity index (χ2v) is 4.90. The van der Waals surface area contributed by atoms with E-state index in [-0.39, 0.29) is 0 Å². The monoisotopic (exact) mass is 163 g/mol. The third-order valence-corrected chi connectivity index (χ3v) is 1.91. The summed E-state index contributed by atoms with van der Waals surface area (Å²) in [4.78, 5) is 6.77. The fraction of sp³-hybridized carbons (Fsp3) is 0.250. The Balaban J connectivity index is 2.97. The van der Waals surface area contributed by atoms with Crippen LogP contribution in [0.5, 0.6) is 0 Å². The minimum Gasteiger partial charge on any atom is -0.293 e. The largest absolute Gasteiger partial charge is 0.352 e. The topological polar surface area (TPSA) is 82.2 Å². The highest BCUT2D eigenvalue weighted by Crippen LogP contribution is 2.29. The van der Waals surface area contributed by atoms with E-state index in [9.17, 15) is 4.21 Å². The van der Waals surface area contributed by atoms with Gasteiger partial charge in [0.1, 0.15) is 0 Å². The van der Waals surface area contributed by atoms with Crippen LogP contribution in [0, 0.1) is 5.50 Å². The van der Waals surface area contributed by atoms with Crippen molar-refractivity contribution in [2.24, 2.45) is 9.98 Å². The first kappa shape index (κ1) is 7.39. The molecule has 0 spiro atoms. The molecule has 5 nitrogen and oxygen atoms in total. The van der Waals surface area contributed by atoms with Crippen LogP contribution in [0.4, 0.5) is 0 Å². The molecule has 0 saturated heterocycles. The van der Waals surface area contributed by atoms with E-state index < -0.39 is 15.1 Å². The molecule has 0 atom stereocenters. The van der Waals surface area contributed by atoms with E-state index in [0.29, 0.717) is 0 Å². The summed E-state index contributed by atoms with van der Waals surface area (Å²) in [7, 11) is -4.68. The number of hydrogen-bond donors (Lipinski definition) is 2. The molecule has 0 aromatic heterocycles. The van der Waals surface area contributed by atoms with Gasteiger partial charge in [0.05, 0.1) is 6.26 Å². The summed E-state index contributed by atoms with van der Waals surface area (Å²) in [5.74, 6) is 0. The van der Waals surface area contributed by atoms with Crippen molar-refractivity contribution in [3.05, 3.63) is 5.50 Å². The minimum atomic E-state index is -4.68. The maximum Gasteiger partial charge on any atom is 0.352 e. The van der Waals surface area contributed by atoms with E-state index in [1.165, 1.54) is 12.4 Å². The van der Waals surface area contributed by atoms with E-state index in [2.05, 4.69) is 9.98 Å². The summed E-state index contributed by atoms with van der Waals surface area (Å²) in [6.07, 6.45) is 3.25. The van der Waals surface area contributed by atoms with Gasteiger partial charge in [-0.15, -0.1) is 0 Å². The average molecular weight is 163 g/mol. The summed E-state index contributed by atoms with van der Waals surface area (Å²) in [6, 6.07) is 0. The Morgan fingerprint density at radius 1 is 1.40 bits per heavy atom. The molecule has 0 aromatic rings. The van der Waals surface area contributed by atoms with Crippen LogP contribution in [-0.4, -0.2) is 32.0 Å². The molecule has 1 aliphatic heterocycles. The van der Waals surface area contributed by atoms with Crippen molar-refractivity contribution in [3.63, 3.8) is 0 Å². The van der Waals surface area contributed by atoms with Crippen molar-refractivity contribution in [2.45, 2.75) is 0 Å². The average Bonchev–Trinajstić information content (AvgIpc) is 2.04. The van der Waals surface area contributed by atoms with Crippen molar-refractivity contribution in [1.29, 1.82) is 0 Å².